The molecule has 6 heteroatoms. The molecule has 1 heterocycles. The van der Waals surface area contributed by atoms with Crippen molar-refractivity contribution in [2.24, 2.45) is 0 Å². The third kappa shape index (κ3) is 3.33. The van der Waals surface area contributed by atoms with Gasteiger partial charge in [-0.25, -0.2) is 0 Å². The Morgan fingerprint density at radius 3 is 2.59 bits per heavy atom. The van der Waals surface area contributed by atoms with Crippen molar-refractivity contribution >= 4 is 0 Å². The van der Waals surface area contributed by atoms with Gasteiger partial charge in [0, 0.05) is 31.2 Å². The second kappa shape index (κ2) is 4.74. The molecule has 0 bridgehead atoms. The molecule has 2 rings (SSSR count). The van der Waals surface area contributed by atoms with Crippen LogP contribution in [0, 0.1) is 0 Å². The molecule has 100 valence electrons. The average molecular weight is 252 g/mol. The summed E-state index contributed by atoms with van der Waals surface area (Å²) in [7, 11) is 0. The van der Waals surface area contributed by atoms with E-state index >= 15 is 0 Å². The minimum Gasteiger partial charge on any atom is -0.382 e. The fourth-order valence-corrected chi connectivity index (χ4v) is 2.51. The van der Waals surface area contributed by atoms with Gasteiger partial charge < -0.3 is 10.4 Å². The van der Waals surface area contributed by atoms with Gasteiger partial charge >= 0.3 is 6.18 Å². The quantitative estimate of drug-likeness (QED) is 0.787. The van der Waals surface area contributed by atoms with Crippen molar-refractivity contribution in [2.75, 3.05) is 13.1 Å². The van der Waals surface area contributed by atoms with E-state index in [0.717, 1.165) is 13.0 Å². The van der Waals surface area contributed by atoms with Crippen LogP contribution in [0.4, 0.5) is 13.2 Å². The first-order valence-corrected chi connectivity index (χ1v) is 6.12. The molecule has 0 aromatic heterocycles. The van der Waals surface area contributed by atoms with Crippen LogP contribution in [-0.2, 0) is 0 Å². The third-order valence-corrected chi connectivity index (χ3v) is 3.62. The molecule has 17 heavy (non-hydrogen) atoms. The fourth-order valence-electron chi connectivity index (χ4n) is 2.51. The van der Waals surface area contributed by atoms with E-state index in [-0.39, 0.29) is 6.04 Å². The lowest BCUT2D eigenvalue weighted by atomic mass is 10.2. The molecule has 0 radical (unpaired) electrons. The van der Waals surface area contributed by atoms with Crippen LogP contribution in [0.2, 0.25) is 0 Å². The van der Waals surface area contributed by atoms with Crippen molar-refractivity contribution < 1.29 is 18.3 Å². The summed E-state index contributed by atoms with van der Waals surface area (Å²) in [5.41, 5.74) is 0. The summed E-state index contributed by atoms with van der Waals surface area (Å²) in [5.74, 6) is 0. The molecule has 2 N–H and O–H groups in total. The Bertz CT molecular complexity index is 268. The molecular weight excluding hydrogens is 233 g/mol. The fraction of sp³-hybridized carbons (Fsp3) is 1.00. The largest absolute Gasteiger partial charge is 0.415 e. The molecule has 2 fully saturated rings. The summed E-state index contributed by atoms with van der Waals surface area (Å²) in [6, 6.07) is 1.15. The van der Waals surface area contributed by atoms with Gasteiger partial charge in [-0.15, -0.1) is 0 Å². The van der Waals surface area contributed by atoms with Crippen LogP contribution in [0.25, 0.3) is 0 Å². The number of hydrogen-bond donors (Lipinski definition) is 2. The molecule has 3 atom stereocenters. The van der Waals surface area contributed by atoms with E-state index in [2.05, 4.69) is 17.1 Å². The monoisotopic (exact) mass is 252 g/mol. The summed E-state index contributed by atoms with van der Waals surface area (Å²) in [5, 5.41) is 11.7. The number of alkyl halides is 3. The Balaban J connectivity index is 1.74. The maximum absolute atomic E-state index is 12.1. The molecule has 1 saturated carbocycles. The summed E-state index contributed by atoms with van der Waals surface area (Å²) in [4.78, 5) is 2.36. The molecule has 1 saturated heterocycles. The van der Waals surface area contributed by atoms with Crippen LogP contribution in [0.5, 0.6) is 0 Å². The average Bonchev–Trinajstić information content (AvgIpc) is 2.98. The van der Waals surface area contributed by atoms with E-state index in [1.54, 1.807) is 0 Å². The minimum atomic E-state index is -4.52. The summed E-state index contributed by atoms with van der Waals surface area (Å²) in [6.07, 6.45) is -3.49. The van der Waals surface area contributed by atoms with E-state index < -0.39 is 18.8 Å². The van der Waals surface area contributed by atoms with E-state index in [4.69, 9.17) is 5.11 Å². The predicted molar refractivity (Wildman–Crippen MR) is 57.7 cm³/mol. The molecule has 0 aromatic rings. The number of likely N-dealkylation sites (tertiary alicyclic amines) is 1. The molecule has 1 aliphatic heterocycles. The Kier molecular flexibility index (Phi) is 3.66. The predicted octanol–water partition coefficient (Wildman–Crippen LogP) is 1.12. The molecule has 1 aliphatic carbocycles. The molecule has 0 spiro atoms. The summed E-state index contributed by atoms with van der Waals surface area (Å²) < 4.78 is 36.3. The molecule has 0 aromatic carbocycles. The lowest BCUT2D eigenvalue weighted by Crippen LogP contribution is -2.43. The van der Waals surface area contributed by atoms with Crippen molar-refractivity contribution in [1.29, 1.82) is 0 Å². The topological polar surface area (TPSA) is 35.5 Å². The van der Waals surface area contributed by atoms with Gasteiger partial charge in [0.15, 0.2) is 6.10 Å². The highest BCUT2D eigenvalue weighted by Crippen LogP contribution is 2.33. The van der Waals surface area contributed by atoms with Crippen LogP contribution < -0.4 is 5.32 Å². The number of nitrogens with one attached hydrogen (secondary N) is 1. The molecular formula is C11H19F3N2O. The zero-order valence-corrected chi connectivity index (χ0v) is 9.87. The Hall–Kier alpha value is -0.330. The number of nitrogens with zero attached hydrogens (tertiary/aromatic N) is 1. The normalized spacial score (nSPS) is 33.0. The van der Waals surface area contributed by atoms with Gasteiger partial charge in [-0.2, -0.15) is 13.2 Å². The maximum atomic E-state index is 12.1. The SMILES string of the molecule is CC1CC(NCC(O)C(F)(F)F)CN1C1CC1. The number of aliphatic hydroxyl groups excluding tert-OH is 1. The lowest BCUT2D eigenvalue weighted by molar-refractivity contribution is -0.202. The maximum Gasteiger partial charge on any atom is 0.415 e. The first kappa shape index (κ1) is 13.1. The second-order valence-corrected chi connectivity index (χ2v) is 5.18. The van der Waals surface area contributed by atoms with E-state index in [1.165, 1.54) is 12.8 Å². The van der Waals surface area contributed by atoms with Crippen LogP contribution in [0.3, 0.4) is 0 Å². The number of aliphatic hydroxyl groups is 1. The van der Waals surface area contributed by atoms with Gasteiger partial charge in [0.25, 0.3) is 0 Å². The first-order chi connectivity index (χ1) is 7.88. The van der Waals surface area contributed by atoms with E-state index in [1.807, 2.05) is 0 Å². The number of hydrogen-bond acceptors (Lipinski definition) is 3. The van der Waals surface area contributed by atoms with Gasteiger partial charge in [-0.05, 0) is 26.2 Å². The van der Waals surface area contributed by atoms with Crippen molar-refractivity contribution in [3.63, 3.8) is 0 Å². The Morgan fingerprint density at radius 1 is 1.41 bits per heavy atom. The van der Waals surface area contributed by atoms with Gasteiger partial charge in [0.05, 0.1) is 0 Å². The number of halogens is 3. The van der Waals surface area contributed by atoms with Crippen LogP contribution in [0.15, 0.2) is 0 Å². The second-order valence-electron chi connectivity index (χ2n) is 5.18. The molecule has 3 nitrogen and oxygen atoms in total. The molecule has 3 unspecified atom stereocenters. The van der Waals surface area contributed by atoms with E-state index in [0.29, 0.717) is 12.1 Å². The third-order valence-electron chi connectivity index (χ3n) is 3.62. The van der Waals surface area contributed by atoms with Crippen molar-refractivity contribution in [3.05, 3.63) is 0 Å². The lowest BCUT2D eigenvalue weighted by Gasteiger charge is -2.20. The highest BCUT2D eigenvalue weighted by Gasteiger charge is 2.41. The van der Waals surface area contributed by atoms with Crippen LogP contribution in [-0.4, -0.2) is 53.5 Å². The van der Waals surface area contributed by atoms with Crippen LogP contribution in [0.1, 0.15) is 26.2 Å². The highest BCUT2D eigenvalue weighted by atomic mass is 19.4. The minimum absolute atomic E-state index is 0.0719. The smallest absolute Gasteiger partial charge is 0.382 e. The van der Waals surface area contributed by atoms with Gasteiger partial charge in [0.1, 0.15) is 0 Å². The number of rotatable bonds is 4. The zero-order valence-electron chi connectivity index (χ0n) is 9.87. The molecule has 0 amide bonds. The van der Waals surface area contributed by atoms with Crippen LogP contribution >= 0.6 is 0 Å². The van der Waals surface area contributed by atoms with Crippen molar-refractivity contribution in [2.45, 2.75) is 56.6 Å². The van der Waals surface area contributed by atoms with Gasteiger partial charge in [0.2, 0.25) is 0 Å². The van der Waals surface area contributed by atoms with Gasteiger partial charge in [-0.1, -0.05) is 0 Å². The summed E-state index contributed by atoms with van der Waals surface area (Å²) in [6.45, 7) is 2.51. The Morgan fingerprint density at radius 2 is 2.06 bits per heavy atom. The zero-order chi connectivity index (χ0) is 12.6. The summed E-state index contributed by atoms with van der Waals surface area (Å²) >= 11 is 0. The van der Waals surface area contributed by atoms with Gasteiger partial charge in [-0.3, -0.25) is 4.90 Å². The van der Waals surface area contributed by atoms with Crippen molar-refractivity contribution in [1.82, 2.24) is 10.2 Å². The first-order valence-electron chi connectivity index (χ1n) is 6.12. The standard InChI is InChI=1S/C11H19F3N2O/c1-7-4-8(6-16(7)9-2-3-9)15-5-10(17)11(12,13)14/h7-10,15,17H,2-6H2,1H3. The highest BCUT2D eigenvalue weighted by molar-refractivity contribution is 4.96. The molecule has 2 aliphatic rings. The van der Waals surface area contributed by atoms with Crippen molar-refractivity contribution in [3.8, 4) is 0 Å². The Labute approximate surface area is 99.0 Å². The van der Waals surface area contributed by atoms with E-state index in [9.17, 15) is 13.2 Å².